The number of carbonyl (C=O) groups excluding carboxylic acids is 1. The Balaban J connectivity index is 1.81. The van der Waals surface area contributed by atoms with Crippen molar-refractivity contribution in [3.63, 3.8) is 0 Å². The molecule has 1 aliphatic heterocycles. The van der Waals surface area contributed by atoms with Crippen molar-refractivity contribution in [2.24, 2.45) is 0 Å². The fraction of sp³-hybridized carbons (Fsp3) is 0.188. The van der Waals surface area contributed by atoms with Gasteiger partial charge in [0.15, 0.2) is 11.5 Å². The minimum Gasteiger partial charge on any atom is -0.424 e. The number of ether oxygens (including phenoxy) is 2. The maximum absolute atomic E-state index is 13.5. The Hall–Kier alpha value is -2.90. The molecule has 0 fully saturated rings. The highest BCUT2D eigenvalue weighted by atomic mass is 19.4. The average molecular weight is 338 g/mol. The molecule has 0 aliphatic carbocycles. The summed E-state index contributed by atoms with van der Waals surface area (Å²) in [6, 6.07) is 11.2. The lowest BCUT2D eigenvalue weighted by Gasteiger charge is -2.29. The van der Waals surface area contributed by atoms with Crippen molar-refractivity contribution < 1.29 is 27.4 Å². The second kappa shape index (κ2) is 5.63. The normalized spacial score (nSPS) is 15.0. The number of halogens is 3. The van der Waals surface area contributed by atoms with Gasteiger partial charge in [0.05, 0.1) is 0 Å². The van der Waals surface area contributed by atoms with Crippen LogP contribution >= 0.6 is 0 Å². The van der Waals surface area contributed by atoms with Crippen molar-refractivity contribution >= 4 is 11.7 Å². The molecular weight excluding hydrogens is 325 g/mol. The molecular formula is C16H13F3N2O3. The topological polar surface area (TPSA) is 59.6 Å². The fourth-order valence-electron chi connectivity index (χ4n) is 2.22. The number of urea groups is 1. The van der Waals surface area contributed by atoms with Gasteiger partial charge in [-0.3, -0.25) is 5.32 Å². The Labute approximate surface area is 135 Å². The summed E-state index contributed by atoms with van der Waals surface area (Å²) in [5.74, 6) is -3.48. The third-order valence-corrected chi connectivity index (χ3v) is 3.28. The van der Waals surface area contributed by atoms with E-state index in [9.17, 15) is 18.0 Å². The molecule has 126 valence electrons. The summed E-state index contributed by atoms with van der Waals surface area (Å²) >= 11 is 0. The minimum atomic E-state index is -4.99. The van der Waals surface area contributed by atoms with Crippen LogP contribution in [0.15, 0.2) is 48.5 Å². The Kier molecular flexibility index (Phi) is 3.75. The van der Waals surface area contributed by atoms with Gasteiger partial charge in [0, 0.05) is 5.69 Å². The highest BCUT2D eigenvalue weighted by Crippen LogP contribution is 2.44. The standard InChI is InChI=1S/C16H13F3N2O3/c1-10-5-4-6-11(9-10)20-14(22)21-16(15(17,18)19)23-12-7-2-3-8-13(12)24-16/h2-9H,1H3,(H2,20,21,22). The van der Waals surface area contributed by atoms with E-state index in [1.54, 1.807) is 36.5 Å². The summed E-state index contributed by atoms with van der Waals surface area (Å²) in [4.78, 5) is 12.0. The van der Waals surface area contributed by atoms with Crippen LogP contribution in [0.4, 0.5) is 23.7 Å². The predicted octanol–water partition coefficient (Wildman–Crippen LogP) is 3.80. The first kappa shape index (κ1) is 16.0. The van der Waals surface area contributed by atoms with Crippen LogP contribution in [-0.4, -0.2) is 18.1 Å². The number of hydrogen-bond donors (Lipinski definition) is 2. The van der Waals surface area contributed by atoms with Gasteiger partial charge in [-0.1, -0.05) is 24.3 Å². The Bertz CT molecular complexity index is 752. The number of benzene rings is 2. The van der Waals surface area contributed by atoms with Crippen LogP contribution in [0.1, 0.15) is 5.56 Å². The molecule has 0 unspecified atom stereocenters. The largest absolute Gasteiger partial charge is 0.492 e. The molecule has 0 radical (unpaired) electrons. The Morgan fingerprint density at radius 3 is 2.21 bits per heavy atom. The van der Waals surface area contributed by atoms with Crippen LogP contribution in [0.25, 0.3) is 0 Å². The molecule has 5 nitrogen and oxygen atoms in total. The van der Waals surface area contributed by atoms with Crippen molar-refractivity contribution in [1.29, 1.82) is 0 Å². The van der Waals surface area contributed by atoms with Crippen LogP contribution in [0.3, 0.4) is 0 Å². The summed E-state index contributed by atoms with van der Waals surface area (Å²) in [6.45, 7) is 1.79. The predicted molar refractivity (Wildman–Crippen MR) is 79.8 cm³/mol. The van der Waals surface area contributed by atoms with Crippen molar-refractivity contribution in [2.45, 2.75) is 19.0 Å². The number of nitrogens with one attached hydrogen (secondary N) is 2. The van der Waals surface area contributed by atoms with E-state index in [1.165, 1.54) is 24.3 Å². The van der Waals surface area contributed by atoms with Gasteiger partial charge in [0.25, 0.3) is 0 Å². The first-order chi connectivity index (χ1) is 11.3. The van der Waals surface area contributed by atoms with E-state index in [2.05, 4.69) is 5.32 Å². The van der Waals surface area contributed by atoms with Gasteiger partial charge in [0.1, 0.15) is 0 Å². The van der Waals surface area contributed by atoms with Gasteiger partial charge in [-0.2, -0.15) is 13.2 Å². The van der Waals surface area contributed by atoms with Gasteiger partial charge >= 0.3 is 18.1 Å². The molecule has 1 heterocycles. The van der Waals surface area contributed by atoms with E-state index in [4.69, 9.17) is 9.47 Å². The molecule has 2 amide bonds. The van der Waals surface area contributed by atoms with E-state index in [0.717, 1.165) is 5.56 Å². The van der Waals surface area contributed by atoms with Crippen molar-refractivity contribution in [3.05, 3.63) is 54.1 Å². The quantitative estimate of drug-likeness (QED) is 0.875. The summed E-state index contributed by atoms with van der Waals surface area (Å²) in [5.41, 5.74) is 1.19. The van der Waals surface area contributed by atoms with Crippen molar-refractivity contribution in [3.8, 4) is 11.5 Å². The molecule has 0 spiro atoms. The van der Waals surface area contributed by atoms with Gasteiger partial charge in [-0.05, 0) is 36.8 Å². The fourth-order valence-corrected chi connectivity index (χ4v) is 2.22. The first-order valence-corrected chi connectivity index (χ1v) is 6.99. The summed E-state index contributed by atoms with van der Waals surface area (Å²) in [7, 11) is 0. The number of aryl methyl sites for hydroxylation is 1. The molecule has 2 aromatic rings. The lowest BCUT2D eigenvalue weighted by Crippen LogP contribution is -2.65. The molecule has 0 aromatic heterocycles. The number of para-hydroxylation sites is 2. The molecule has 24 heavy (non-hydrogen) atoms. The van der Waals surface area contributed by atoms with Crippen LogP contribution in [0.2, 0.25) is 0 Å². The number of carbonyl (C=O) groups is 1. The maximum Gasteiger partial charge on any atom is 0.492 e. The smallest absolute Gasteiger partial charge is 0.424 e. The number of fused-ring (bicyclic) bond motifs is 1. The number of anilines is 1. The van der Waals surface area contributed by atoms with Crippen molar-refractivity contribution in [1.82, 2.24) is 5.32 Å². The maximum atomic E-state index is 13.5. The summed E-state index contributed by atoms with van der Waals surface area (Å²) < 4.78 is 50.1. The molecule has 2 aromatic carbocycles. The lowest BCUT2D eigenvalue weighted by molar-refractivity contribution is -0.317. The zero-order chi connectivity index (χ0) is 17.4. The third-order valence-electron chi connectivity index (χ3n) is 3.28. The second-order valence-corrected chi connectivity index (χ2v) is 5.21. The minimum absolute atomic E-state index is 0.106. The zero-order valence-electron chi connectivity index (χ0n) is 12.5. The van der Waals surface area contributed by atoms with E-state index < -0.39 is 18.1 Å². The first-order valence-electron chi connectivity index (χ1n) is 6.99. The summed E-state index contributed by atoms with van der Waals surface area (Å²) in [6.07, 6.45) is -4.99. The van der Waals surface area contributed by atoms with E-state index in [-0.39, 0.29) is 11.5 Å². The molecule has 2 N–H and O–H groups in total. The third kappa shape index (κ3) is 2.94. The van der Waals surface area contributed by atoms with Gasteiger partial charge in [-0.25, -0.2) is 4.79 Å². The summed E-state index contributed by atoms with van der Waals surface area (Å²) in [5, 5.41) is 4.05. The van der Waals surface area contributed by atoms with Gasteiger partial charge in [-0.15, -0.1) is 0 Å². The second-order valence-electron chi connectivity index (χ2n) is 5.21. The van der Waals surface area contributed by atoms with Crippen LogP contribution in [-0.2, 0) is 0 Å². The van der Waals surface area contributed by atoms with E-state index >= 15 is 0 Å². The SMILES string of the molecule is Cc1cccc(NC(=O)NC2(C(F)(F)F)Oc3ccccc3O2)c1. The van der Waals surface area contributed by atoms with Gasteiger partial charge < -0.3 is 14.8 Å². The van der Waals surface area contributed by atoms with Gasteiger partial charge in [0.2, 0.25) is 0 Å². The Morgan fingerprint density at radius 2 is 1.67 bits per heavy atom. The highest BCUT2D eigenvalue weighted by molar-refractivity contribution is 5.89. The molecule has 1 aliphatic rings. The molecule has 0 saturated heterocycles. The van der Waals surface area contributed by atoms with Crippen LogP contribution in [0, 0.1) is 6.92 Å². The van der Waals surface area contributed by atoms with Crippen LogP contribution in [0.5, 0.6) is 11.5 Å². The zero-order valence-corrected chi connectivity index (χ0v) is 12.5. The molecule has 0 saturated carbocycles. The van der Waals surface area contributed by atoms with E-state index in [0.29, 0.717) is 5.69 Å². The number of hydrogen-bond acceptors (Lipinski definition) is 3. The lowest BCUT2D eigenvalue weighted by atomic mass is 10.2. The number of rotatable bonds is 2. The average Bonchev–Trinajstić information content (AvgIpc) is 2.85. The van der Waals surface area contributed by atoms with Crippen molar-refractivity contribution in [2.75, 3.05) is 5.32 Å². The van der Waals surface area contributed by atoms with Crippen LogP contribution < -0.4 is 20.1 Å². The van der Waals surface area contributed by atoms with E-state index in [1.807, 2.05) is 0 Å². The monoisotopic (exact) mass is 338 g/mol. The molecule has 8 heteroatoms. The number of amides is 2. The number of alkyl halides is 3. The molecule has 0 atom stereocenters. The highest BCUT2D eigenvalue weighted by Gasteiger charge is 2.65. The molecule has 3 rings (SSSR count). The molecule has 0 bridgehead atoms. The Morgan fingerprint density at radius 1 is 1.04 bits per heavy atom.